The summed E-state index contributed by atoms with van der Waals surface area (Å²) in [6.45, 7) is 6.10. The van der Waals surface area contributed by atoms with Crippen molar-refractivity contribution in [2.75, 3.05) is 26.2 Å². The number of hydrogen-bond donors (Lipinski definition) is 0. The van der Waals surface area contributed by atoms with Gasteiger partial charge in [-0.3, -0.25) is 0 Å². The zero-order valence-electron chi connectivity index (χ0n) is 14.1. The van der Waals surface area contributed by atoms with Gasteiger partial charge in [0.25, 0.3) is 0 Å². The van der Waals surface area contributed by atoms with Gasteiger partial charge in [0.15, 0.2) is 0 Å². The summed E-state index contributed by atoms with van der Waals surface area (Å²) in [5.41, 5.74) is -0.598. The third-order valence-electron chi connectivity index (χ3n) is 3.45. The van der Waals surface area contributed by atoms with Gasteiger partial charge < -0.3 is 9.64 Å². The average molecular weight is 474 g/mol. The van der Waals surface area contributed by atoms with Crippen molar-refractivity contribution in [1.82, 2.24) is 9.21 Å². The Morgan fingerprint density at radius 3 is 2.04 bits per heavy atom. The van der Waals surface area contributed by atoms with E-state index < -0.39 is 21.7 Å². The number of benzene rings is 1. The van der Waals surface area contributed by atoms with Crippen LogP contribution in [0.2, 0.25) is 10.0 Å². The molecule has 0 radical (unpaired) electrons. The van der Waals surface area contributed by atoms with E-state index in [1.165, 1.54) is 21.3 Å². The number of ether oxygens (including phenoxy) is 1. The highest BCUT2D eigenvalue weighted by Gasteiger charge is 2.34. The first kappa shape index (κ1) is 20.8. The van der Waals surface area contributed by atoms with Crippen LogP contribution in [0.3, 0.4) is 0 Å². The zero-order valence-corrected chi connectivity index (χ0v) is 18.0. The van der Waals surface area contributed by atoms with E-state index in [1.807, 2.05) is 0 Å². The van der Waals surface area contributed by atoms with Crippen LogP contribution in [0.4, 0.5) is 4.79 Å². The van der Waals surface area contributed by atoms with Crippen molar-refractivity contribution in [2.24, 2.45) is 0 Å². The van der Waals surface area contributed by atoms with E-state index in [-0.39, 0.29) is 41.1 Å². The van der Waals surface area contributed by atoms with Crippen LogP contribution in [0.1, 0.15) is 20.8 Å². The number of rotatable bonds is 2. The van der Waals surface area contributed by atoms with Gasteiger partial charge in [-0.2, -0.15) is 4.31 Å². The first-order chi connectivity index (χ1) is 11.4. The fourth-order valence-corrected chi connectivity index (χ4v) is 5.65. The molecule has 6 nitrogen and oxygen atoms in total. The summed E-state index contributed by atoms with van der Waals surface area (Å²) in [5, 5.41) is 0.0999. The van der Waals surface area contributed by atoms with Crippen molar-refractivity contribution in [3.8, 4) is 0 Å². The van der Waals surface area contributed by atoms with E-state index in [0.717, 1.165) is 0 Å². The number of carbonyl (C=O) groups excluding carboxylic acids is 1. The number of hydrogen-bond acceptors (Lipinski definition) is 4. The summed E-state index contributed by atoms with van der Waals surface area (Å²) in [4.78, 5) is 13.4. The highest BCUT2D eigenvalue weighted by atomic mass is 79.9. The molecule has 0 unspecified atom stereocenters. The summed E-state index contributed by atoms with van der Waals surface area (Å²) >= 11 is 15.4. The Hall–Kier alpha value is -0.540. The second kappa shape index (κ2) is 7.60. The lowest BCUT2D eigenvalue weighted by Gasteiger charge is -2.35. The molecule has 1 aromatic rings. The largest absolute Gasteiger partial charge is 0.444 e. The summed E-state index contributed by atoms with van der Waals surface area (Å²) < 4.78 is 32.9. The van der Waals surface area contributed by atoms with Crippen LogP contribution in [0.5, 0.6) is 0 Å². The third kappa shape index (κ3) is 5.01. The Morgan fingerprint density at radius 1 is 1.12 bits per heavy atom. The first-order valence-corrected chi connectivity index (χ1v) is 10.5. The molecule has 1 aromatic carbocycles. The number of halogens is 3. The van der Waals surface area contributed by atoms with Gasteiger partial charge in [0.05, 0.1) is 10.0 Å². The van der Waals surface area contributed by atoms with Gasteiger partial charge in [0.2, 0.25) is 10.0 Å². The van der Waals surface area contributed by atoms with Crippen molar-refractivity contribution in [1.29, 1.82) is 0 Å². The lowest BCUT2D eigenvalue weighted by molar-refractivity contribution is 0.0192. The van der Waals surface area contributed by atoms with Gasteiger partial charge in [-0.05, 0) is 32.9 Å². The van der Waals surface area contributed by atoms with Gasteiger partial charge >= 0.3 is 6.09 Å². The Bertz CT molecular complexity index is 749. The van der Waals surface area contributed by atoms with Crippen molar-refractivity contribution in [3.05, 3.63) is 26.7 Å². The Balaban J connectivity index is 2.14. The fraction of sp³-hybridized carbons (Fsp3) is 0.533. The maximum Gasteiger partial charge on any atom is 0.410 e. The molecule has 0 bridgehead atoms. The summed E-state index contributed by atoms with van der Waals surface area (Å²) in [7, 11) is -3.85. The summed E-state index contributed by atoms with van der Waals surface area (Å²) in [6, 6.07) is 2.97. The third-order valence-corrected chi connectivity index (χ3v) is 6.73. The SMILES string of the molecule is CC(C)(C)OC(=O)N1CCN(S(=O)(=O)c2c(Cl)cc(Br)cc2Cl)CC1. The van der Waals surface area contributed by atoms with Crippen LogP contribution in [-0.2, 0) is 14.8 Å². The molecule has 0 N–H and O–H groups in total. The van der Waals surface area contributed by atoms with Crippen molar-refractivity contribution < 1.29 is 17.9 Å². The van der Waals surface area contributed by atoms with Crippen molar-refractivity contribution in [2.45, 2.75) is 31.3 Å². The molecule has 1 fully saturated rings. The predicted molar refractivity (Wildman–Crippen MR) is 101 cm³/mol. The monoisotopic (exact) mass is 472 g/mol. The Labute approximate surface area is 166 Å². The van der Waals surface area contributed by atoms with Gasteiger partial charge in [-0.25, -0.2) is 13.2 Å². The summed E-state index contributed by atoms with van der Waals surface area (Å²) in [5.74, 6) is 0. The molecule has 0 atom stereocenters. The molecule has 10 heteroatoms. The van der Waals surface area contributed by atoms with Gasteiger partial charge in [0.1, 0.15) is 10.5 Å². The van der Waals surface area contributed by atoms with Crippen LogP contribution < -0.4 is 0 Å². The van der Waals surface area contributed by atoms with E-state index in [0.29, 0.717) is 4.47 Å². The maximum atomic E-state index is 12.9. The smallest absolute Gasteiger partial charge is 0.410 e. The molecule has 0 aromatic heterocycles. The quantitative estimate of drug-likeness (QED) is 0.651. The fourth-order valence-electron chi connectivity index (χ4n) is 2.34. The minimum Gasteiger partial charge on any atom is -0.444 e. The number of sulfonamides is 1. The molecule has 140 valence electrons. The minimum atomic E-state index is -3.85. The molecule has 0 aliphatic carbocycles. The second-order valence-corrected chi connectivity index (χ2v) is 10.2. The molecule has 0 spiro atoms. The van der Waals surface area contributed by atoms with E-state index in [9.17, 15) is 13.2 Å². The summed E-state index contributed by atoms with van der Waals surface area (Å²) in [6.07, 6.45) is -0.454. The number of piperazine rings is 1. The molecule has 1 saturated heterocycles. The van der Waals surface area contributed by atoms with Gasteiger partial charge in [0, 0.05) is 30.7 Å². The molecule has 2 rings (SSSR count). The molecular weight excluding hydrogens is 455 g/mol. The van der Waals surface area contributed by atoms with E-state index in [2.05, 4.69) is 15.9 Å². The molecule has 1 heterocycles. The molecule has 1 amide bonds. The van der Waals surface area contributed by atoms with E-state index >= 15 is 0 Å². The Morgan fingerprint density at radius 2 is 1.60 bits per heavy atom. The van der Waals surface area contributed by atoms with Gasteiger partial charge in [-0.1, -0.05) is 39.1 Å². The van der Waals surface area contributed by atoms with E-state index in [1.54, 1.807) is 20.8 Å². The Kier molecular flexibility index (Phi) is 6.31. The highest BCUT2D eigenvalue weighted by molar-refractivity contribution is 9.10. The lowest BCUT2D eigenvalue weighted by Crippen LogP contribution is -2.51. The molecule has 25 heavy (non-hydrogen) atoms. The molecular formula is C15H19BrCl2N2O4S. The van der Waals surface area contributed by atoms with Crippen LogP contribution in [0.15, 0.2) is 21.5 Å². The predicted octanol–water partition coefficient (Wildman–Crippen LogP) is 4.00. The van der Waals surface area contributed by atoms with Crippen molar-refractivity contribution >= 4 is 55.2 Å². The standard InChI is InChI=1S/C15H19BrCl2N2O4S/c1-15(2,3)24-14(21)19-4-6-20(7-5-19)25(22,23)13-11(17)8-10(16)9-12(13)18/h8-9H,4-7H2,1-3H3. The van der Waals surface area contributed by atoms with E-state index in [4.69, 9.17) is 27.9 Å². The zero-order chi connectivity index (χ0) is 19.0. The van der Waals surface area contributed by atoms with Crippen LogP contribution in [0.25, 0.3) is 0 Å². The molecule has 1 aliphatic heterocycles. The molecule has 0 saturated carbocycles. The second-order valence-electron chi connectivity index (χ2n) is 6.57. The number of amides is 1. The van der Waals surface area contributed by atoms with Crippen LogP contribution in [0, 0.1) is 0 Å². The maximum absolute atomic E-state index is 12.9. The topological polar surface area (TPSA) is 66.9 Å². The molecule has 1 aliphatic rings. The van der Waals surface area contributed by atoms with Crippen molar-refractivity contribution in [3.63, 3.8) is 0 Å². The normalized spacial score (nSPS) is 16.8. The van der Waals surface area contributed by atoms with Crippen LogP contribution >= 0.6 is 39.1 Å². The minimum absolute atomic E-state index is 0.0500. The average Bonchev–Trinajstić information content (AvgIpc) is 2.44. The first-order valence-electron chi connectivity index (χ1n) is 7.54. The number of carbonyl (C=O) groups is 1. The highest BCUT2D eigenvalue weighted by Crippen LogP contribution is 2.35. The van der Waals surface area contributed by atoms with Crippen LogP contribution in [-0.4, -0.2) is 55.5 Å². The van der Waals surface area contributed by atoms with Gasteiger partial charge in [-0.15, -0.1) is 0 Å². The number of nitrogens with zero attached hydrogens (tertiary/aromatic N) is 2. The lowest BCUT2D eigenvalue weighted by atomic mass is 10.2.